The average Bonchev–Trinajstić information content (AvgIpc) is 2.75. The molecular formula is C10H17ClO. The van der Waals surface area contributed by atoms with Crippen LogP contribution in [0.5, 0.6) is 0 Å². The van der Waals surface area contributed by atoms with Gasteiger partial charge in [-0.3, -0.25) is 0 Å². The van der Waals surface area contributed by atoms with Gasteiger partial charge in [-0.2, -0.15) is 0 Å². The summed E-state index contributed by atoms with van der Waals surface area (Å²) in [5.41, 5.74) is 0. The second kappa shape index (κ2) is 3.97. The third-order valence-electron chi connectivity index (χ3n) is 3.22. The fraction of sp³-hybridized carbons (Fsp3) is 1.00. The van der Waals surface area contributed by atoms with Crippen molar-refractivity contribution >= 4 is 11.6 Å². The molecule has 0 N–H and O–H groups in total. The van der Waals surface area contributed by atoms with Gasteiger partial charge >= 0.3 is 0 Å². The molecule has 2 fully saturated rings. The molecule has 0 aromatic heterocycles. The summed E-state index contributed by atoms with van der Waals surface area (Å²) in [4.78, 5) is 0. The Morgan fingerprint density at radius 3 is 2.33 bits per heavy atom. The highest BCUT2D eigenvalue weighted by Crippen LogP contribution is 2.50. The van der Waals surface area contributed by atoms with Crippen LogP contribution in [0, 0.1) is 11.8 Å². The maximum atomic E-state index is 5.67. The Hall–Kier alpha value is 0.250. The van der Waals surface area contributed by atoms with Crippen molar-refractivity contribution in [1.29, 1.82) is 0 Å². The van der Waals surface area contributed by atoms with Crippen LogP contribution in [0.15, 0.2) is 0 Å². The molecule has 0 spiro atoms. The molecule has 0 amide bonds. The third kappa shape index (κ3) is 1.77. The van der Waals surface area contributed by atoms with E-state index in [9.17, 15) is 0 Å². The fourth-order valence-electron chi connectivity index (χ4n) is 2.53. The smallest absolute Gasteiger partial charge is 0.0639 e. The van der Waals surface area contributed by atoms with E-state index in [0.29, 0.717) is 12.0 Å². The molecule has 1 nitrogen and oxygen atoms in total. The maximum absolute atomic E-state index is 5.67. The zero-order valence-corrected chi connectivity index (χ0v) is 8.22. The quantitative estimate of drug-likeness (QED) is 0.619. The van der Waals surface area contributed by atoms with Gasteiger partial charge in [0.05, 0.1) is 12.7 Å². The van der Waals surface area contributed by atoms with Gasteiger partial charge in [-0.1, -0.05) is 19.3 Å². The van der Waals surface area contributed by atoms with Crippen LogP contribution in [0.3, 0.4) is 0 Å². The minimum atomic E-state index is 0.587. The van der Waals surface area contributed by atoms with E-state index in [2.05, 4.69) is 0 Å². The van der Waals surface area contributed by atoms with Crippen LogP contribution in [0.2, 0.25) is 0 Å². The highest BCUT2D eigenvalue weighted by Gasteiger charge is 2.50. The van der Waals surface area contributed by atoms with E-state index >= 15 is 0 Å². The lowest BCUT2D eigenvalue weighted by Crippen LogP contribution is -2.02. The van der Waals surface area contributed by atoms with Gasteiger partial charge in [-0.05, 0) is 24.7 Å². The van der Waals surface area contributed by atoms with Crippen LogP contribution >= 0.6 is 11.6 Å². The van der Waals surface area contributed by atoms with E-state index in [1.165, 1.54) is 32.1 Å². The summed E-state index contributed by atoms with van der Waals surface area (Å²) in [6.45, 7) is 0.749. The number of hydrogen-bond donors (Lipinski definition) is 0. The lowest BCUT2D eigenvalue weighted by molar-refractivity contribution is 0.111. The Morgan fingerprint density at radius 1 is 1.08 bits per heavy atom. The normalized spacial score (nSPS) is 40.2. The van der Waals surface area contributed by atoms with Gasteiger partial charge in [-0.15, -0.1) is 11.6 Å². The van der Waals surface area contributed by atoms with Crippen molar-refractivity contribution in [2.24, 2.45) is 11.8 Å². The van der Waals surface area contributed by atoms with Crippen molar-refractivity contribution in [3.63, 3.8) is 0 Å². The van der Waals surface area contributed by atoms with E-state index in [1.54, 1.807) is 0 Å². The summed E-state index contributed by atoms with van der Waals surface area (Å²) in [6, 6.07) is 0. The molecule has 0 saturated heterocycles. The van der Waals surface area contributed by atoms with Crippen molar-refractivity contribution in [3.05, 3.63) is 0 Å². The first-order valence-electron chi connectivity index (χ1n) is 5.11. The van der Waals surface area contributed by atoms with Crippen molar-refractivity contribution in [3.8, 4) is 0 Å². The summed E-state index contributed by atoms with van der Waals surface area (Å²) < 4.78 is 5.67. The van der Waals surface area contributed by atoms with Crippen LogP contribution in [0.25, 0.3) is 0 Å². The van der Waals surface area contributed by atoms with Gasteiger partial charge in [0.25, 0.3) is 0 Å². The molecule has 0 bridgehead atoms. The van der Waals surface area contributed by atoms with E-state index in [0.717, 1.165) is 18.4 Å². The third-order valence-corrected chi connectivity index (χ3v) is 3.37. The van der Waals surface area contributed by atoms with Gasteiger partial charge in [-0.25, -0.2) is 0 Å². The molecule has 2 rings (SSSR count). The molecule has 2 unspecified atom stereocenters. The van der Waals surface area contributed by atoms with Gasteiger partial charge < -0.3 is 4.74 Å². The molecular weight excluding hydrogens is 172 g/mol. The van der Waals surface area contributed by atoms with Gasteiger partial charge in [0.2, 0.25) is 0 Å². The van der Waals surface area contributed by atoms with E-state index in [1.807, 2.05) is 0 Å². The lowest BCUT2D eigenvalue weighted by Gasteiger charge is -2.02. The second-order valence-electron chi connectivity index (χ2n) is 3.99. The topological polar surface area (TPSA) is 9.23 Å². The predicted octanol–water partition coefficient (Wildman–Crippen LogP) is 2.82. The van der Waals surface area contributed by atoms with Crippen LogP contribution in [0.1, 0.15) is 32.1 Å². The standard InChI is InChI=1S/C10H17ClO/c11-6-7-12-10-8-4-2-1-3-5-9(8)10/h8-10H,1-7H2. The SMILES string of the molecule is ClCCOC1C2CCCCCC21. The number of hydrogen-bond acceptors (Lipinski definition) is 1. The largest absolute Gasteiger partial charge is 0.376 e. The Bertz CT molecular complexity index is 137. The predicted molar refractivity (Wildman–Crippen MR) is 50.5 cm³/mol. The highest BCUT2D eigenvalue weighted by atomic mass is 35.5. The number of rotatable bonds is 3. The van der Waals surface area contributed by atoms with Crippen LogP contribution in [-0.2, 0) is 4.74 Å². The number of ether oxygens (including phenoxy) is 1. The average molecular weight is 189 g/mol. The zero-order valence-electron chi connectivity index (χ0n) is 7.47. The van der Waals surface area contributed by atoms with Crippen molar-refractivity contribution in [2.75, 3.05) is 12.5 Å². The molecule has 2 saturated carbocycles. The summed E-state index contributed by atoms with van der Waals surface area (Å²) in [6.07, 6.45) is 7.66. The van der Waals surface area contributed by atoms with Gasteiger partial charge in [0, 0.05) is 5.88 Å². The maximum Gasteiger partial charge on any atom is 0.0639 e. The monoisotopic (exact) mass is 188 g/mol. The first kappa shape index (κ1) is 8.83. The van der Waals surface area contributed by atoms with Gasteiger partial charge in [0.1, 0.15) is 0 Å². The Morgan fingerprint density at radius 2 is 1.75 bits per heavy atom. The summed E-state index contributed by atoms with van der Waals surface area (Å²) in [5.74, 6) is 2.45. The number of halogens is 1. The minimum Gasteiger partial charge on any atom is -0.376 e. The Kier molecular flexibility index (Phi) is 2.92. The molecule has 2 atom stereocenters. The van der Waals surface area contributed by atoms with E-state index in [-0.39, 0.29) is 0 Å². The van der Waals surface area contributed by atoms with Crippen molar-refractivity contribution in [2.45, 2.75) is 38.2 Å². The molecule has 0 aromatic carbocycles. The van der Waals surface area contributed by atoms with Crippen LogP contribution < -0.4 is 0 Å². The number of fused-ring (bicyclic) bond motifs is 1. The van der Waals surface area contributed by atoms with Crippen LogP contribution in [0.4, 0.5) is 0 Å². The molecule has 0 heterocycles. The first-order chi connectivity index (χ1) is 5.93. The highest BCUT2D eigenvalue weighted by molar-refractivity contribution is 6.17. The minimum absolute atomic E-state index is 0.587. The molecule has 2 aliphatic rings. The fourth-order valence-corrected chi connectivity index (χ4v) is 2.62. The van der Waals surface area contributed by atoms with Gasteiger partial charge in [0.15, 0.2) is 0 Å². The molecule has 0 aliphatic heterocycles. The summed E-state index contributed by atoms with van der Waals surface area (Å²) in [7, 11) is 0. The van der Waals surface area contributed by atoms with Crippen molar-refractivity contribution in [1.82, 2.24) is 0 Å². The Balaban J connectivity index is 1.74. The molecule has 12 heavy (non-hydrogen) atoms. The second-order valence-corrected chi connectivity index (χ2v) is 4.37. The van der Waals surface area contributed by atoms with E-state index < -0.39 is 0 Å². The zero-order chi connectivity index (χ0) is 8.39. The number of alkyl halides is 1. The Labute approximate surface area is 79.4 Å². The van der Waals surface area contributed by atoms with Crippen molar-refractivity contribution < 1.29 is 4.74 Å². The lowest BCUT2D eigenvalue weighted by atomic mass is 10.1. The summed E-state index contributed by atoms with van der Waals surface area (Å²) in [5, 5.41) is 0. The van der Waals surface area contributed by atoms with E-state index in [4.69, 9.17) is 16.3 Å². The molecule has 2 aliphatic carbocycles. The first-order valence-corrected chi connectivity index (χ1v) is 5.64. The molecule has 0 aromatic rings. The van der Waals surface area contributed by atoms with Crippen LogP contribution in [-0.4, -0.2) is 18.6 Å². The molecule has 70 valence electrons. The summed E-state index contributed by atoms with van der Waals surface area (Å²) >= 11 is 5.58. The molecule has 2 heteroatoms. The molecule has 0 radical (unpaired) electrons.